The zero-order chi connectivity index (χ0) is 25.2. The predicted molar refractivity (Wildman–Crippen MR) is 136 cm³/mol. The Bertz CT molecular complexity index is 1360. The second-order valence-electron chi connectivity index (χ2n) is 7.76. The topological polar surface area (TPSA) is 95.1 Å². The van der Waals surface area contributed by atoms with Crippen LogP contribution in [0.4, 0.5) is 5.69 Å². The monoisotopic (exact) mass is 463 g/mol. The zero-order valence-corrected chi connectivity index (χ0v) is 19.7. The van der Waals surface area contributed by atoms with Crippen molar-refractivity contribution < 1.29 is 14.3 Å². The Kier molecular flexibility index (Phi) is 8.43. The van der Waals surface area contributed by atoms with Crippen LogP contribution < -0.4 is 14.8 Å². The Balaban J connectivity index is 1.92. The predicted octanol–water partition coefficient (Wildman–Crippen LogP) is 5.73. The Labute approximate surface area is 205 Å². The third kappa shape index (κ3) is 6.37. The number of allylic oxidation sites excluding steroid dienone is 1. The van der Waals surface area contributed by atoms with Crippen molar-refractivity contribution >= 4 is 17.7 Å². The number of hydrogen-bond donors (Lipinski definition) is 1. The van der Waals surface area contributed by atoms with Crippen molar-refractivity contribution in [3.8, 4) is 23.6 Å². The molecule has 0 fully saturated rings. The number of methoxy groups -OCH3 is 1. The lowest BCUT2D eigenvalue weighted by Crippen LogP contribution is -2.13. The summed E-state index contributed by atoms with van der Waals surface area (Å²) in [6, 6.07) is 22.2. The first-order valence-corrected chi connectivity index (χ1v) is 10.9. The second kappa shape index (κ2) is 11.9. The van der Waals surface area contributed by atoms with E-state index in [0.29, 0.717) is 34.7 Å². The zero-order valence-electron chi connectivity index (χ0n) is 19.7. The summed E-state index contributed by atoms with van der Waals surface area (Å²) in [5.41, 5.74) is 4.24. The molecule has 3 aromatic carbocycles. The van der Waals surface area contributed by atoms with Gasteiger partial charge >= 0.3 is 0 Å². The molecule has 35 heavy (non-hydrogen) atoms. The Morgan fingerprint density at radius 3 is 2.57 bits per heavy atom. The van der Waals surface area contributed by atoms with Crippen molar-refractivity contribution in [3.63, 3.8) is 0 Å². The van der Waals surface area contributed by atoms with Crippen molar-refractivity contribution in [1.82, 2.24) is 0 Å². The van der Waals surface area contributed by atoms with Gasteiger partial charge in [0.25, 0.3) is 5.91 Å². The molecule has 1 amide bonds. The summed E-state index contributed by atoms with van der Waals surface area (Å²) >= 11 is 0. The van der Waals surface area contributed by atoms with E-state index in [1.165, 1.54) is 13.2 Å². The van der Waals surface area contributed by atoms with E-state index < -0.39 is 5.91 Å². The van der Waals surface area contributed by atoms with Gasteiger partial charge < -0.3 is 14.8 Å². The minimum absolute atomic E-state index is 0.0465. The van der Waals surface area contributed by atoms with Crippen LogP contribution in [0.2, 0.25) is 0 Å². The van der Waals surface area contributed by atoms with Gasteiger partial charge in [-0.05, 0) is 60.9 Å². The highest BCUT2D eigenvalue weighted by molar-refractivity contribution is 6.09. The lowest BCUT2D eigenvalue weighted by atomic mass is 10.0. The lowest BCUT2D eigenvalue weighted by Gasteiger charge is -2.16. The minimum atomic E-state index is -0.504. The van der Waals surface area contributed by atoms with Crippen molar-refractivity contribution in [1.29, 1.82) is 10.5 Å². The molecule has 0 aliphatic heterocycles. The Hall–Kier alpha value is -4.81. The molecule has 0 saturated carbocycles. The first kappa shape index (κ1) is 24.8. The number of carbonyl (C=O) groups is 1. The molecule has 3 rings (SSSR count). The number of hydrogen-bond acceptors (Lipinski definition) is 5. The van der Waals surface area contributed by atoms with Gasteiger partial charge in [-0.15, -0.1) is 6.58 Å². The summed E-state index contributed by atoms with van der Waals surface area (Å²) in [6.45, 7) is 5.92. The van der Waals surface area contributed by atoms with Gasteiger partial charge in [0.05, 0.1) is 18.7 Å². The molecule has 3 aromatic rings. The van der Waals surface area contributed by atoms with Gasteiger partial charge in [0.1, 0.15) is 18.2 Å². The number of aryl methyl sites for hydroxylation is 1. The molecule has 0 unspecified atom stereocenters. The molecule has 0 heterocycles. The lowest BCUT2D eigenvalue weighted by molar-refractivity contribution is -0.112. The molecule has 1 N–H and O–H groups in total. The smallest absolute Gasteiger partial charge is 0.266 e. The van der Waals surface area contributed by atoms with Gasteiger partial charge in [0.2, 0.25) is 0 Å². The standard InChI is InChI=1S/C29H25N3O3/c1-4-8-22-14-21(15-25(18-31)29(33)32-26-12-7-9-20(2)13-26)16-27(34-3)28(22)35-19-24-11-6-5-10-23(24)17-30/h4-7,9-16H,1,8,19H2,2-3H3,(H,32,33)/b25-15+. The maximum atomic E-state index is 12.7. The fourth-order valence-corrected chi connectivity index (χ4v) is 3.53. The number of nitrogens with one attached hydrogen (secondary N) is 1. The molecule has 174 valence electrons. The number of amides is 1. The van der Waals surface area contributed by atoms with Gasteiger partial charge in [-0.1, -0.05) is 36.4 Å². The third-order valence-electron chi connectivity index (χ3n) is 5.20. The fraction of sp³-hybridized carbons (Fsp3) is 0.138. The summed E-state index contributed by atoms with van der Waals surface area (Å²) in [6.07, 6.45) is 3.72. The molecule has 0 aromatic heterocycles. The number of carbonyl (C=O) groups excluding carboxylic acids is 1. The van der Waals surface area contributed by atoms with E-state index in [4.69, 9.17) is 9.47 Å². The van der Waals surface area contributed by atoms with E-state index in [2.05, 4.69) is 18.0 Å². The van der Waals surface area contributed by atoms with Gasteiger partial charge in [-0.2, -0.15) is 10.5 Å². The summed E-state index contributed by atoms with van der Waals surface area (Å²) in [7, 11) is 1.52. The molecule has 0 aliphatic rings. The van der Waals surface area contributed by atoms with Crippen molar-refractivity contribution in [2.75, 3.05) is 12.4 Å². The molecule has 0 saturated heterocycles. The number of benzene rings is 3. The van der Waals surface area contributed by atoms with Crippen LogP contribution in [0.3, 0.4) is 0 Å². The van der Waals surface area contributed by atoms with E-state index in [-0.39, 0.29) is 12.2 Å². The first-order valence-electron chi connectivity index (χ1n) is 10.9. The first-order chi connectivity index (χ1) is 17.0. The highest BCUT2D eigenvalue weighted by atomic mass is 16.5. The molecule has 6 nitrogen and oxygen atoms in total. The van der Waals surface area contributed by atoms with Crippen molar-refractivity contribution in [2.45, 2.75) is 20.0 Å². The summed E-state index contributed by atoms with van der Waals surface area (Å²) < 4.78 is 11.6. The maximum Gasteiger partial charge on any atom is 0.266 e. The Morgan fingerprint density at radius 1 is 1.09 bits per heavy atom. The largest absolute Gasteiger partial charge is 0.493 e. The third-order valence-corrected chi connectivity index (χ3v) is 5.20. The number of anilines is 1. The van der Waals surface area contributed by atoms with E-state index in [1.807, 2.05) is 49.4 Å². The summed E-state index contributed by atoms with van der Waals surface area (Å²) in [5, 5.41) is 21.7. The van der Waals surface area contributed by atoms with Gasteiger partial charge in [0, 0.05) is 16.8 Å². The van der Waals surface area contributed by atoms with Crippen LogP contribution in [0, 0.1) is 29.6 Å². The molecule has 0 radical (unpaired) electrons. The van der Waals surface area contributed by atoms with E-state index >= 15 is 0 Å². The van der Waals surface area contributed by atoms with Crippen molar-refractivity contribution in [2.24, 2.45) is 0 Å². The fourth-order valence-electron chi connectivity index (χ4n) is 3.53. The summed E-state index contributed by atoms with van der Waals surface area (Å²) in [4.78, 5) is 12.7. The molecule has 0 spiro atoms. The van der Waals surface area contributed by atoms with Gasteiger partial charge in [0.15, 0.2) is 11.5 Å². The Morgan fingerprint density at radius 2 is 1.89 bits per heavy atom. The van der Waals surface area contributed by atoms with E-state index in [1.54, 1.807) is 30.3 Å². The van der Waals surface area contributed by atoms with Crippen LogP contribution in [0.25, 0.3) is 6.08 Å². The molecular formula is C29H25N3O3. The summed E-state index contributed by atoms with van der Waals surface area (Å²) in [5.74, 6) is 0.456. The quantitative estimate of drug-likeness (QED) is 0.248. The van der Waals surface area contributed by atoms with Crippen LogP contribution in [0.5, 0.6) is 11.5 Å². The second-order valence-corrected chi connectivity index (χ2v) is 7.76. The molecule has 6 heteroatoms. The molecular weight excluding hydrogens is 438 g/mol. The van der Waals surface area contributed by atoms with Crippen molar-refractivity contribution in [3.05, 3.63) is 107 Å². The molecule has 0 aliphatic carbocycles. The number of ether oxygens (including phenoxy) is 2. The number of nitriles is 2. The average molecular weight is 464 g/mol. The number of nitrogens with zero attached hydrogens (tertiary/aromatic N) is 2. The van der Waals surface area contributed by atoms with Crippen LogP contribution >= 0.6 is 0 Å². The molecule has 0 atom stereocenters. The van der Waals surface area contributed by atoms with Crippen LogP contribution in [0.15, 0.2) is 78.9 Å². The van der Waals surface area contributed by atoms with E-state index in [9.17, 15) is 15.3 Å². The van der Waals surface area contributed by atoms with E-state index in [0.717, 1.165) is 16.7 Å². The maximum absolute atomic E-state index is 12.7. The number of rotatable bonds is 9. The highest BCUT2D eigenvalue weighted by Gasteiger charge is 2.15. The average Bonchev–Trinajstić information content (AvgIpc) is 2.86. The van der Waals surface area contributed by atoms with Crippen LogP contribution in [-0.2, 0) is 17.8 Å². The van der Waals surface area contributed by atoms with Gasteiger partial charge in [-0.25, -0.2) is 0 Å². The molecule has 0 bridgehead atoms. The SMILES string of the molecule is C=CCc1cc(/C=C(\C#N)C(=O)Nc2cccc(C)c2)cc(OC)c1OCc1ccccc1C#N. The highest BCUT2D eigenvalue weighted by Crippen LogP contribution is 2.35. The van der Waals surface area contributed by atoms with Crippen LogP contribution in [0.1, 0.15) is 27.8 Å². The minimum Gasteiger partial charge on any atom is -0.493 e. The van der Waals surface area contributed by atoms with Crippen LogP contribution in [-0.4, -0.2) is 13.0 Å². The normalized spacial score (nSPS) is 10.6. The van der Waals surface area contributed by atoms with Gasteiger partial charge in [-0.3, -0.25) is 4.79 Å².